The molecular formula is C20H20N4O6S. The van der Waals surface area contributed by atoms with Crippen molar-refractivity contribution in [3.8, 4) is 11.5 Å². The molecule has 2 aromatic carbocycles. The molecule has 0 spiro atoms. The number of morpholine rings is 1. The van der Waals surface area contributed by atoms with E-state index >= 15 is 0 Å². The minimum Gasteiger partial charge on any atom is -0.486 e. The molecule has 2 aliphatic heterocycles. The molecule has 0 radical (unpaired) electrons. The fourth-order valence-corrected chi connectivity index (χ4v) is 3.56. The Morgan fingerprint density at radius 3 is 2.52 bits per heavy atom. The highest BCUT2D eigenvalue weighted by atomic mass is 32.1. The molecular weight excluding hydrogens is 424 g/mol. The Kier molecular flexibility index (Phi) is 6.14. The van der Waals surface area contributed by atoms with Crippen LogP contribution in [-0.4, -0.2) is 55.5 Å². The highest BCUT2D eigenvalue weighted by Gasteiger charge is 2.23. The summed E-state index contributed by atoms with van der Waals surface area (Å²) < 4.78 is 16.4. The number of anilines is 2. The van der Waals surface area contributed by atoms with Gasteiger partial charge >= 0.3 is 0 Å². The van der Waals surface area contributed by atoms with E-state index in [2.05, 4.69) is 10.6 Å². The van der Waals surface area contributed by atoms with Crippen LogP contribution in [0.25, 0.3) is 0 Å². The third-order valence-electron chi connectivity index (χ3n) is 4.81. The topological polar surface area (TPSA) is 115 Å². The lowest BCUT2D eigenvalue weighted by Crippen LogP contribution is -2.39. The van der Waals surface area contributed by atoms with E-state index in [1.165, 1.54) is 12.1 Å². The van der Waals surface area contributed by atoms with E-state index in [0.29, 0.717) is 62.4 Å². The van der Waals surface area contributed by atoms with Crippen molar-refractivity contribution in [1.29, 1.82) is 0 Å². The maximum Gasteiger partial charge on any atom is 0.270 e. The van der Waals surface area contributed by atoms with Gasteiger partial charge in [0.1, 0.15) is 13.2 Å². The first-order chi connectivity index (χ1) is 15.0. The van der Waals surface area contributed by atoms with Crippen LogP contribution < -0.4 is 25.0 Å². The maximum absolute atomic E-state index is 13.0. The standard InChI is InChI=1S/C20H20N4O6S/c25-19(22-20(31)21-13-1-4-17-18(11-13)30-10-9-29-17)15-12-14(24(26)27)2-3-16(15)23-5-7-28-8-6-23/h1-4,11-12H,5-10H2,(H2,21,22,25,31). The predicted octanol–water partition coefficient (Wildman–Crippen LogP) is 2.33. The van der Waals surface area contributed by atoms with Crippen LogP contribution in [0.1, 0.15) is 10.4 Å². The number of amides is 1. The number of carbonyl (C=O) groups excluding carboxylic acids is 1. The van der Waals surface area contributed by atoms with Crippen LogP contribution in [0.3, 0.4) is 0 Å². The zero-order chi connectivity index (χ0) is 21.8. The number of benzene rings is 2. The zero-order valence-corrected chi connectivity index (χ0v) is 17.3. The highest BCUT2D eigenvalue weighted by molar-refractivity contribution is 7.80. The van der Waals surface area contributed by atoms with Gasteiger partial charge in [-0.05, 0) is 30.4 Å². The third-order valence-corrected chi connectivity index (χ3v) is 5.02. The minimum absolute atomic E-state index is 0.0566. The van der Waals surface area contributed by atoms with E-state index in [1.807, 2.05) is 4.90 Å². The first-order valence-corrected chi connectivity index (χ1v) is 10.1. The molecule has 0 atom stereocenters. The monoisotopic (exact) mass is 444 g/mol. The van der Waals surface area contributed by atoms with Crippen molar-refractivity contribution in [2.75, 3.05) is 49.7 Å². The van der Waals surface area contributed by atoms with Crippen molar-refractivity contribution in [3.63, 3.8) is 0 Å². The van der Waals surface area contributed by atoms with Crippen molar-refractivity contribution in [2.24, 2.45) is 0 Å². The molecule has 0 unspecified atom stereocenters. The van der Waals surface area contributed by atoms with Gasteiger partial charge in [0, 0.05) is 37.0 Å². The molecule has 11 heteroatoms. The van der Waals surface area contributed by atoms with Crippen LogP contribution in [0.5, 0.6) is 11.5 Å². The lowest BCUT2D eigenvalue weighted by atomic mass is 10.1. The zero-order valence-electron chi connectivity index (χ0n) is 16.5. The molecule has 2 aromatic rings. The van der Waals surface area contributed by atoms with Crippen molar-refractivity contribution >= 4 is 40.3 Å². The summed E-state index contributed by atoms with van der Waals surface area (Å²) in [6, 6.07) is 9.44. The van der Waals surface area contributed by atoms with Gasteiger partial charge in [0.2, 0.25) is 0 Å². The van der Waals surface area contributed by atoms with Crippen LogP contribution in [0, 0.1) is 10.1 Å². The fraction of sp³-hybridized carbons (Fsp3) is 0.300. The van der Waals surface area contributed by atoms with Crippen LogP contribution in [0.2, 0.25) is 0 Å². The Morgan fingerprint density at radius 2 is 1.77 bits per heavy atom. The van der Waals surface area contributed by atoms with Gasteiger partial charge in [-0.3, -0.25) is 20.2 Å². The van der Waals surface area contributed by atoms with E-state index in [-0.39, 0.29) is 16.4 Å². The number of thiocarbonyl (C=S) groups is 1. The second kappa shape index (κ2) is 9.14. The summed E-state index contributed by atoms with van der Waals surface area (Å²) in [7, 11) is 0. The number of hydrogen-bond acceptors (Lipinski definition) is 8. The minimum atomic E-state index is -0.541. The Labute approximate surface area is 183 Å². The van der Waals surface area contributed by atoms with Crippen LogP contribution >= 0.6 is 12.2 Å². The number of nitro groups is 1. The molecule has 162 valence electrons. The number of nitro benzene ring substituents is 1. The highest BCUT2D eigenvalue weighted by Crippen LogP contribution is 2.32. The molecule has 1 saturated heterocycles. The molecule has 4 rings (SSSR count). The third kappa shape index (κ3) is 4.84. The van der Waals surface area contributed by atoms with E-state index in [1.54, 1.807) is 24.3 Å². The SMILES string of the molecule is O=C(NC(=S)Nc1ccc2c(c1)OCCO2)c1cc([N+](=O)[O-])ccc1N1CCOCC1. The normalized spacial score (nSPS) is 15.2. The number of fused-ring (bicyclic) bond motifs is 1. The van der Waals surface area contributed by atoms with Gasteiger partial charge in [-0.15, -0.1) is 0 Å². The number of hydrogen-bond donors (Lipinski definition) is 2. The Balaban J connectivity index is 1.51. The Bertz CT molecular complexity index is 1020. The predicted molar refractivity (Wildman–Crippen MR) is 117 cm³/mol. The number of nitrogens with one attached hydrogen (secondary N) is 2. The average Bonchev–Trinajstić information content (AvgIpc) is 2.79. The van der Waals surface area contributed by atoms with E-state index in [4.69, 9.17) is 26.4 Å². The van der Waals surface area contributed by atoms with Gasteiger partial charge in [0.25, 0.3) is 11.6 Å². The molecule has 1 amide bonds. The largest absolute Gasteiger partial charge is 0.486 e. The molecule has 10 nitrogen and oxygen atoms in total. The van der Waals surface area contributed by atoms with Gasteiger partial charge in [0.05, 0.1) is 29.4 Å². The van der Waals surface area contributed by atoms with Crippen LogP contribution in [0.15, 0.2) is 36.4 Å². The number of rotatable bonds is 4. The van der Waals surface area contributed by atoms with Crippen LogP contribution in [0.4, 0.5) is 17.1 Å². The van der Waals surface area contributed by atoms with Crippen molar-refractivity contribution in [1.82, 2.24) is 5.32 Å². The quantitative estimate of drug-likeness (QED) is 0.416. The molecule has 0 aliphatic carbocycles. The first kappa shape index (κ1) is 20.8. The summed E-state index contributed by atoms with van der Waals surface area (Å²) in [5.41, 5.74) is 1.20. The van der Waals surface area contributed by atoms with Gasteiger partial charge in [0.15, 0.2) is 16.6 Å². The summed E-state index contributed by atoms with van der Waals surface area (Å²) in [6.45, 7) is 3.14. The second-order valence-corrected chi connectivity index (χ2v) is 7.23. The van der Waals surface area contributed by atoms with Crippen molar-refractivity contribution < 1.29 is 23.9 Å². The van der Waals surface area contributed by atoms with E-state index in [0.717, 1.165) is 0 Å². The molecule has 0 saturated carbocycles. The van der Waals surface area contributed by atoms with Crippen LogP contribution in [-0.2, 0) is 4.74 Å². The van der Waals surface area contributed by atoms with Gasteiger partial charge in [-0.2, -0.15) is 0 Å². The average molecular weight is 444 g/mol. The summed E-state index contributed by atoms with van der Waals surface area (Å²) in [4.78, 5) is 25.6. The molecule has 1 fully saturated rings. The lowest BCUT2D eigenvalue weighted by Gasteiger charge is -2.30. The summed E-state index contributed by atoms with van der Waals surface area (Å²) in [5, 5.41) is 16.8. The summed E-state index contributed by atoms with van der Waals surface area (Å²) in [6.07, 6.45) is 0. The summed E-state index contributed by atoms with van der Waals surface area (Å²) >= 11 is 5.27. The van der Waals surface area contributed by atoms with Crippen molar-refractivity contribution in [2.45, 2.75) is 0 Å². The molecule has 0 aromatic heterocycles. The van der Waals surface area contributed by atoms with Crippen molar-refractivity contribution in [3.05, 3.63) is 52.1 Å². The van der Waals surface area contributed by atoms with Gasteiger partial charge in [-0.25, -0.2) is 0 Å². The smallest absolute Gasteiger partial charge is 0.270 e. The number of ether oxygens (including phenoxy) is 3. The first-order valence-electron chi connectivity index (χ1n) is 9.64. The molecule has 2 N–H and O–H groups in total. The van der Waals surface area contributed by atoms with E-state index in [9.17, 15) is 14.9 Å². The van der Waals surface area contributed by atoms with E-state index < -0.39 is 10.8 Å². The number of carbonyl (C=O) groups is 1. The maximum atomic E-state index is 13.0. The molecule has 2 aliphatic rings. The summed E-state index contributed by atoms with van der Waals surface area (Å²) in [5.74, 6) is 0.678. The number of nitrogens with zero attached hydrogens (tertiary/aromatic N) is 2. The molecule has 31 heavy (non-hydrogen) atoms. The Hall–Kier alpha value is -3.44. The molecule has 2 heterocycles. The fourth-order valence-electron chi connectivity index (χ4n) is 3.35. The Morgan fingerprint density at radius 1 is 1.03 bits per heavy atom. The second-order valence-electron chi connectivity index (χ2n) is 6.82. The number of non-ortho nitro benzene ring substituents is 1. The molecule has 0 bridgehead atoms. The van der Waals surface area contributed by atoms with Gasteiger partial charge < -0.3 is 24.4 Å². The lowest BCUT2D eigenvalue weighted by molar-refractivity contribution is -0.384. The van der Waals surface area contributed by atoms with Gasteiger partial charge in [-0.1, -0.05) is 0 Å².